The van der Waals surface area contributed by atoms with E-state index in [4.69, 9.17) is 4.98 Å². The lowest BCUT2D eigenvalue weighted by Crippen LogP contribution is -2.22. The minimum atomic E-state index is -0.0213. The normalized spacial score (nSPS) is 11.1. The number of aryl methyl sites for hydroxylation is 1. The van der Waals surface area contributed by atoms with Crippen LogP contribution < -0.4 is 5.56 Å². The highest BCUT2D eigenvalue weighted by molar-refractivity contribution is 7.98. The molecule has 3 aromatic heterocycles. The van der Waals surface area contributed by atoms with Gasteiger partial charge in [0.2, 0.25) is 0 Å². The zero-order valence-electron chi connectivity index (χ0n) is 14.8. The number of allylic oxidation sites excluding steroid dienone is 1. The molecular formula is C20H18N4OS2. The van der Waals surface area contributed by atoms with E-state index in [0.29, 0.717) is 22.8 Å². The Morgan fingerprint density at radius 3 is 2.81 bits per heavy atom. The second kappa shape index (κ2) is 7.54. The molecule has 0 saturated carbocycles. The number of hydrogen-bond donors (Lipinski definition) is 0. The van der Waals surface area contributed by atoms with Gasteiger partial charge >= 0.3 is 0 Å². The largest absolute Gasteiger partial charge is 0.283 e. The molecule has 0 bridgehead atoms. The zero-order valence-corrected chi connectivity index (χ0v) is 16.5. The number of rotatable bonds is 6. The summed E-state index contributed by atoms with van der Waals surface area (Å²) in [5.74, 6) is 0.708. The van der Waals surface area contributed by atoms with Crippen molar-refractivity contribution in [2.24, 2.45) is 7.05 Å². The SMILES string of the molecule is C=CCn1c(SCc2cnn(C)c2)nc2sc(-c3ccccc3)cc2c1=O. The van der Waals surface area contributed by atoms with Gasteiger partial charge in [-0.25, -0.2) is 4.98 Å². The molecular weight excluding hydrogens is 376 g/mol. The van der Waals surface area contributed by atoms with Crippen LogP contribution in [0.2, 0.25) is 0 Å². The molecule has 0 unspecified atom stereocenters. The Kier molecular flexibility index (Phi) is 4.96. The van der Waals surface area contributed by atoms with Crippen molar-refractivity contribution in [2.75, 3.05) is 0 Å². The van der Waals surface area contributed by atoms with Crippen LogP contribution in [0.15, 0.2) is 71.4 Å². The van der Waals surface area contributed by atoms with Crippen LogP contribution >= 0.6 is 23.1 Å². The standard InChI is InChI=1S/C20H18N4OS2/c1-3-9-24-19(25)16-10-17(15-7-5-4-6-8-15)27-18(16)22-20(24)26-13-14-11-21-23(2)12-14/h3-8,10-12H,1,9,13H2,2H3. The molecule has 7 heteroatoms. The first-order chi connectivity index (χ1) is 13.2. The van der Waals surface area contributed by atoms with Crippen molar-refractivity contribution in [3.8, 4) is 10.4 Å². The first kappa shape index (κ1) is 17.8. The maximum absolute atomic E-state index is 13.1. The first-order valence-electron chi connectivity index (χ1n) is 8.46. The fourth-order valence-corrected chi connectivity index (χ4v) is 4.84. The van der Waals surface area contributed by atoms with Gasteiger partial charge in [-0.15, -0.1) is 17.9 Å². The van der Waals surface area contributed by atoms with Crippen LogP contribution in [0, 0.1) is 0 Å². The smallest absolute Gasteiger partial charge is 0.263 e. The van der Waals surface area contributed by atoms with Gasteiger partial charge in [-0.2, -0.15) is 5.10 Å². The number of thioether (sulfide) groups is 1. The molecule has 0 fully saturated rings. The summed E-state index contributed by atoms with van der Waals surface area (Å²) in [6.07, 6.45) is 5.54. The highest BCUT2D eigenvalue weighted by atomic mass is 32.2. The predicted octanol–water partition coefficient (Wildman–Crippen LogP) is 4.34. The van der Waals surface area contributed by atoms with Crippen LogP contribution in [0.25, 0.3) is 20.7 Å². The lowest BCUT2D eigenvalue weighted by Gasteiger charge is -2.09. The molecule has 0 spiro atoms. The van der Waals surface area contributed by atoms with E-state index in [2.05, 4.69) is 11.7 Å². The lowest BCUT2D eigenvalue weighted by atomic mass is 10.2. The van der Waals surface area contributed by atoms with Crippen molar-refractivity contribution in [1.29, 1.82) is 0 Å². The Morgan fingerprint density at radius 1 is 1.30 bits per heavy atom. The van der Waals surface area contributed by atoms with Crippen LogP contribution in [0.1, 0.15) is 5.56 Å². The van der Waals surface area contributed by atoms with E-state index >= 15 is 0 Å². The maximum Gasteiger partial charge on any atom is 0.263 e. The Labute approximate surface area is 165 Å². The Hall–Kier alpha value is -2.64. The summed E-state index contributed by atoms with van der Waals surface area (Å²) in [6, 6.07) is 12.0. The number of hydrogen-bond acceptors (Lipinski definition) is 5. The van der Waals surface area contributed by atoms with Crippen LogP contribution in [-0.2, 0) is 19.3 Å². The predicted molar refractivity (Wildman–Crippen MR) is 112 cm³/mol. The molecule has 4 aromatic rings. The fraction of sp³-hybridized carbons (Fsp3) is 0.150. The number of fused-ring (bicyclic) bond motifs is 1. The molecule has 0 aliphatic carbocycles. The Morgan fingerprint density at radius 2 is 2.11 bits per heavy atom. The molecule has 4 rings (SSSR count). The molecule has 5 nitrogen and oxygen atoms in total. The average Bonchev–Trinajstić information content (AvgIpc) is 3.30. The van der Waals surface area contributed by atoms with Crippen LogP contribution in [-0.4, -0.2) is 19.3 Å². The molecule has 0 N–H and O–H groups in total. The second-order valence-electron chi connectivity index (χ2n) is 6.11. The summed E-state index contributed by atoms with van der Waals surface area (Å²) in [5.41, 5.74) is 2.17. The van der Waals surface area contributed by atoms with Crippen molar-refractivity contribution >= 4 is 33.3 Å². The van der Waals surface area contributed by atoms with E-state index in [1.54, 1.807) is 38.4 Å². The van der Waals surface area contributed by atoms with E-state index < -0.39 is 0 Å². The fourth-order valence-electron chi connectivity index (χ4n) is 2.84. The van der Waals surface area contributed by atoms with Gasteiger partial charge in [0.1, 0.15) is 4.83 Å². The number of nitrogens with zero attached hydrogens (tertiary/aromatic N) is 4. The summed E-state index contributed by atoms with van der Waals surface area (Å²) in [5, 5.41) is 5.56. The van der Waals surface area contributed by atoms with Crippen molar-refractivity contribution in [3.05, 3.63) is 77.4 Å². The molecule has 0 saturated heterocycles. The third-order valence-corrected chi connectivity index (χ3v) is 6.24. The van der Waals surface area contributed by atoms with E-state index in [0.717, 1.165) is 20.8 Å². The van der Waals surface area contributed by atoms with Gasteiger partial charge in [-0.05, 0) is 11.6 Å². The van der Waals surface area contributed by atoms with E-state index in [9.17, 15) is 4.79 Å². The summed E-state index contributed by atoms with van der Waals surface area (Å²) < 4.78 is 3.46. The average molecular weight is 395 g/mol. The molecule has 3 heterocycles. The van der Waals surface area contributed by atoms with Gasteiger partial charge < -0.3 is 0 Å². The molecule has 0 atom stereocenters. The van der Waals surface area contributed by atoms with E-state index in [1.807, 2.05) is 55.8 Å². The number of thiophene rings is 1. The third kappa shape index (κ3) is 3.61. The van der Waals surface area contributed by atoms with Crippen molar-refractivity contribution in [3.63, 3.8) is 0 Å². The van der Waals surface area contributed by atoms with Gasteiger partial charge in [-0.1, -0.05) is 48.2 Å². The van der Waals surface area contributed by atoms with Crippen molar-refractivity contribution in [1.82, 2.24) is 19.3 Å². The van der Waals surface area contributed by atoms with E-state index in [1.165, 1.54) is 0 Å². The lowest BCUT2D eigenvalue weighted by molar-refractivity contribution is 0.673. The number of benzene rings is 1. The summed E-state index contributed by atoms with van der Waals surface area (Å²) in [7, 11) is 1.89. The Balaban J connectivity index is 1.76. The minimum Gasteiger partial charge on any atom is -0.283 e. The first-order valence-corrected chi connectivity index (χ1v) is 10.3. The quantitative estimate of drug-likeness (QED) is 0.277. The van der Waals surface area contributed by atoms with Crippen LogP contribution in [0.4, 0.5) is 0 Å². The minimum absolute atomic E-state index is 0.0213. The molecule has 0 amide bonds. The molecule has 0 aliphatic heterocycles. The van der Waals surface area contributed by atoms with Gasteiger partial charge in [0.05, 0.1) is 11.6 Å². The van der Waals surface area contributed by atoms with Crippen molar-refractivity contribution in [2.45, 2.75) is 17.5 Å². The van der Waals surface area contributed by atoms with Gasteiger partial charge in [0.25, 0.3) is 5.56 Å². The molecule has 0 aliphatic rings. The maximum atomic E-state index is 13.1. The van der Waals surface area contributed by atoms with E-state index in [-0.39, 0.29) is 5.56 Å². The molecule has 1 aromatic carbocycles. The van der Waals surface area contributed by atoms with Crippen LogP contribution in [0.5, 0.6) is 0 Å². The van der Waals surface area contributed by atoms with Gasteiger partial charge in [0.15, 0.2) is 5.16 Å². The monoisotopic (exact) mass is 394 g/mol. The van der Waals surface area contributed by atoms with Gasteiger partial charge in [-0.3, -0.25) is 14.0 Å². The molecule has 136 valence electrons. The Bertz CT molecular complexity index is 1160. The third-order valence-electron chi connectivity index (χ3n) is 4.11. The zero-order chi connectivity index (χ0) is 18.8. The number of aromatic nitrogens is 4. The summed E-state index contributed by atoms with van der Waals surface area (Å²) in [6.45, 7) is 4.22. The van der Waals surface area contributed by atoms with Crippen molar-refractivity contribution < 1.29 is 0 Å². The molecule has 27 heavy (non-hydrogen) atoms. The summed E-state index contributed by atoms with van der Waals surface area (Å²) in [4.78, 5) is 19.7. The summed E-state index contributed by atoms with van der Waals surface area (Å²) >= 11 is 3.10. The molecule has 0 radical (unpaired) electrons. The highest BCUT2D eigenvalue weighted by Crippen LogP contribution is 2.32. The topological polar surface area (TPSA) is 52.7 Å². The van der Waals surface area contributed by atoms with Gasteiger partial charge in [0, 0.05) is 36.0 Å². The highest BCUT2D eigenvalue weighted by Gasteiger charge is 2.15. The van der Waals surface area contributed by atoms with Crippen LogP contribution in [0.3, 0.4) is 0 Å². The second-order valence-corrected chi connectivity index (χ2v) is 8.08.